The van der Waals surface area contributed by atoms with Crippen LogP contribution in [0.4, 0.5) is 5.95 Å². The van der Waals surface area contributed by atoms with Crippen LogP contribution in [0.5, 0.6) is 0 Å². The molecule has 1 saturated heterocycles. The number of piperazine rings is 1. The maximum atomic E-state index is 12.6. The van der Waals surface area contributed by atoms with E-state index in [1.807, 2.05) is 14.4 Å². The van der Waals surface area contributed by atoms with E-state index >= 15 is 0 Å². The molecule has 1 fully saturated rings. The van der Waals surface area contributed by atoms with Crippen LogP contribution in [0.2, 0.25) is 0 Å². The van der Waals surface area contributed by atoms with E-state index < -0.39 is 11.8 Å². The molecule has 0 saturated carbocycles. The minimum absolute atomic E-state index is 0.156. The van der Waals surface area contributed by atoms with Gasteiger partial charge in [0.2, 0.25) is 17.8 Å². The Labute approximate surface area is 196 Å². The number of aryl methyl sites for hydroxylation is 1. The second-order valence-corrected chi connectivity index (χ2v) is 8.32. The Morgan fingerprint density at radius 3 is 2.24 bits per heavy atom. The number of fused-ring (bicyclic) bond motifs is 1. The number of hydrogen-bond donors (Lipinski definition) is 2. The average molecular weight is 465 g/mol. The number of hydrogen-bond acceptors (Lipinski definition) is 7. The number of rotatable bonds is 9. The number of benzene rings is 1. The number of aromatic nitrogens is 4. The first-order valence-corrected chi connectivity index (χ1v) is 11.3. The molecule has 0 bridgehead atoms. The molecule has 11 nitrogen and oxygen atoms in total. The van der Waals surface area contributed by atoms with Gasteiger partial charge in [-0.3, -0.25) is 14.4 Å². The summed E-state index contributed by atoms with van der Waals surface area (Å²) in [7, 11) is 0. The summed E-state index contributed by atoms with van der Waals surface area (Å²) >= 11 is 0. The molecule has 4 rings (SSSR count). The Kier molecular flexibility index (Phi) is 7.00. The minimum Gasteiger partial charge on any atom is -0.366 e. The topological polar surface area (TPSA) is 153 Å². The monoisotopic (exact) mass is 464 g/mol. The molecule has 3 aromatic rings. The van der Waals surface area contributed by atoms with Crippen LogP contribution in [-0.4, -0.2) is 68.3 Å². The molecule has 1 aromatic carbocycles. The van der Waals surface area contributed by atoms with Crippen molar-refractivity contribution in [1.29, 1.82) is 0 Å². The quantitative estimate of drug-likeness (QED) is 0.447. The summed E-state index contributed by atoms with van der Waals surface area (Å²) < 4.78 is 2.01. The smallest absolute Gasteiger partial charge is 0.251 e. The Bertz CT molecular complexity index is 1180. The highest BCUT2D eigenvalue weighted by atomic mass is 16.2. The predicted octanol–water partition coefficient (Wildman–Crippen LogP) is 0.933. The van der Waals surface area contributed by atoms with Gasteiger partial charge >= 0.3 is 0 Å². The number of anilines is 1. The maximum absolute atomic E-state index is 12.6. The Morgan fingerprint density at radius 2 is 1.56 bits per heavy atom. The largest absolute Gasteiger partial charge is 0.366 e. The molecule has 1 aliphatic rings. The van der Waals surface area contributed by atoms with Gasteiger partial charge in [-0.25, -0.2) is 15.0 Å². The summed E-state index contributed by atoms with van der Waals surface area (Å²) in [4.78, 5) is 51.8. The van der Waals surface area contributed by atoms with Gasteiger partial charge in [0.05, 0.1) is 22.9 Å². The van der Waals surface area contributed by atoms with Crippen molar-refractivity contribution >= 4 is 34.7 Å². The molecule has 178 valence electrons. The molecule has 34 heavy (non-hydrogen) atoms. The van der Waals surface area contributed by atoms with E-state index in [2.05, 4.69) is 15.0 Å². The minimum atomic E-state index is -0.558. The number of carbonyl (C=O) groups excluding carboxylic acids is 3. The molecule has 0 spiro atoms. The Morgan fingerprint density at radius 1 is 0.853 bits per heavy atom. The van der Waals surface area contributed by atoms with E-state index in [-0.39, 0.29) is 11.5 Å². The second kappa shape index (κ2) is 10.3. The van der Waals surface area contributed by atoms with Crippen LogP contribution in [0, 0.1) is 0 Å². The molecular weight excluding hydrogens is 436 g/mol. The second-order valence-electron chi connectivity index (χ2n) is 8.32. The first-order valence-electron chi connectivity index (χ1n) is 11.3. The van der Waals surface area contributed by atoms with Crippen molar-refractivity contribution in [3.63, 3.8) is 0 Å². The number of amides is 3. The van der Waals surface area contributed by atoms with E-state index in [1.54, 1.807) is 24.5 Å². The van der Waals surface area contributed by atoms with Crippen molar-refractivity contribution in [1.82, 2.24) is 24.4 Å². The molecule has 1 aliphatic heterocycles. The first-order chi connectivity index (χ1) is 16.4. The molecule has 11 heteroatoms. The lowest BCUT2D eigenvalue weighted by Gasteiger charge is -2.34. The number of nitrogens with two attached hydrogens (primary N) is 2. The van der Waals surface area contributed by atoms with Gasteiger partial charge in [-0.2, -0.15) is 0 Å². The number of imidazole rings is 1. The van der Waals surface area contributed by atoms with Crippen LogP contribution in [0.3, 0.4) is 0 Å². The third kappa shape index (κ3) is 5.30. The Hall–Kier alpha value is -4.02. The van der Waals surface area contributed by atoms with Crippen molar-refractivity contribution in [3.8, 4) is 0 Å². The number of primary amides is 2. The fourth-order valence-corrected chi connectivity index (χ4v) is 4.05. The van der Waals surface area contributed by atoms with Gasteiger partial charge in [0.1, 0.15) is 0 Å². The van der Waals surface area contributed by atoms with Crippen LogP contribution in [0.15, 0.2) is 36.9 Å². The fourth-order valence-electron chi connectivity index (χ4n) is 4.05. The van der Waals surface area contributed by atoms with Gasteiger partial charge in [0.15, 0.2) is 0 Å². The standard InChI is InChI=1S/C23H28N8O3/c24-21(33)16-5-6-18-19(12-16)31(15-28-18)7-3-1-2-4-20(32)29-8-10-30(11-9-29)23-26-13-17(14-27-23)22(25)34/h5-6,12-15H,1-4,7-11H2,(H2,24,33)(H2,25,34). The summed E-state index contributed by atoms with van der Waals surface area (Å²) in [6, 6.07) is 5.25. The average Bonchev–Trinajstić information content (AvgIpc) is 3.26. The van der Waals surface area contributed by atoms with Crippen LogP contribution < -0.4 is 16.4 Å². The van der Waals surface area contributed by atoms with Crippen LogP contribution in [-0.2, 0) is 11.3 Å². The molecule has 2 aromatic heterocycles. The normalized spacial score (nSPS) is 13.9. The van der Waals surface area contributed by atoms with Gasteiger partial charge in [-0.1, -0.05) is 6.42 Å². The van der Waals surface area contributed by atoms with Crippen LogP contribution >= 0.6 is 0 Å². The van der Waals surface area contributed by atoms with Gasteiger partial charge < -0.3 is 25.8 Å². The highest BCUT2D eigenvalue weighted by Crippen LogP contribution is 2.17. The summed E-state index contributed by atoms with van der Waals surface area (Å²) in [5.41, 5.74) is 13.0. The van der Waals surface area contributed by atoms with Gasteiger partial charge in [-0.05, 0) is 31.0 Å². The summed E-state index contributed by atoms with van der Waals surface area (Å²) in [5.74, 6) is -0.323. The molecular formula is C23H28N8O3. The number of nitrogens with zero attached hydrogens (tertiary/aromatic N) is 6. The Balaban J connectivity index is 1.18. The molecule has 3 amide bonds. The molecule has 3 heterocycles. The maximum Gasteiger partial charge on any atom is 0.251 e. The van der Waals surface area contributed by atoms with Crippen LogP contribution in [0.25, 0.3) is 11.0 Å². The van der Waals surface area contributed by atoms with E-state index in [4.69, 9.17) is 11.5 Å². The highest BCUT2D eigenvalue weighted by Gasteiger charge is 2.22. The summed E-state index contributed by atoms with van der Waals surface area (Å²) in [6.45, 7) is 3.28. The molecule has 4 N–H and O–H groups in total. The SMILES string of the molecule is NC(=O)c1cnc(N2CCN(C(=O)CCCCCn3cnc4ccc(C(N)=O)cc43)CC2)nc1. The molecule has 0 aliphatic carbocycles. The van der Waals surface area contributed by atoms with Crippen molar-refractivity contribution < 1.29 is 14.4 Å². The van der Waals surface area contributed by atoms with Crippen molar-refractivity contribution in [3.05, 3.63) is 48.0 Å². The van der Waals surface area contributed by atoms with Gasteiger partial charge in [0, 0.05) is 57.1 Å². The van der Waals surface area contributed by atoms with Gasteiger partial charge in [-0.15, -0.1) is 0 Å². The third-order valence-electron chi connectivity index (χ3n) is 6.03. The van der Waals surface area contributed by atoms with E-state index in [1.165, 1.54) is 12.4 Å². The van der Waals surface area contributed by atoms with Gasteiger partial charge in [0.25, 0.3) is 5.91 Å². The highest BCUT2D eigenvalue weighted by molar-refractivity contribution is 5.96. The zero-order valence-electron chi connectivity index (χ0n) is 18.9. The summed E-state index contributed by atoms with van der Waals surface area (Å²) in [6.07, 6.45) is 7.77. The van der Waals surface area contributed by atoms with E-state index in [9.17, 15) is 14.4 Å². The number of unbranched alkanes of at least 4 members (excludes halogenated alkanes) is 2. The predicted molar refractivity (Wildman–Crippen MR) is 126 cm³/mol. The van der Waals surface area contributed by atoms with Crippen LogP contribution in [0.1, 0.15) is 46.4 Å². The van der Waals surface area contributed by atoms with Crippen molar-refractivity contribution in [2.75, 3.05) is 31.1 Å². The fraction of sp³-hybridized carbons (Fsp3) is 0.391. The lowest BCUT2D eigenvalue weighted by Crippen LogP contribution is -2.49. The summed E-state index contributed by atoms with van der Waals surface area (Å²) in [5, 5.41) is 0. The third-order valence-corrected chi connectivity index (χ3v) is 6.03. The van der Waals surface area contributed by atoms with Crippen molar-refractivity contribution in [2.24, 2.45) is 11.5 Å². The van der Waals surface area contributed by atoms with E-state index in [0.717, 1.165) is 36.8 Å². The molecule has 0 unspecified atom stereocenters. The van der Waals surface area contributed by atoms with E-state index in [0.29, 0.717) is 44.1 Å². The zero-order valence-corrected chi connectivity index (χ0v) is 18.9. The lowest BCUT2D eigenvalue weighted by atomic mass is 10.1. The first kappa shape index (κ1) is 23.1. The number of carbonyl (C=O) groups is 3. The lowest BCUT2D eigenvalue weighted by molar-refractivity contribution is -0.131. The zero-order chi connectivity index (χ0) is 24.1. The molecule has 0 radical (unpaired) electrons. The van der Waals surface area contributed by atoms with Crippen molar-refractivity contribution in [2.45, 2.75) is 32.2 Å². The molecule has 0 atom stereocenters.